The fourth-order valence-corrected chi connectivity index (χ4v) is 3.52. The lowest BCUT2D eigenvalue weighted by molar-refractivity contribution is 0.0575. The van der Waals surface area contributed by atoms with Crippen LogP contribution in [0, 0.1) is 5.82 Å². The Bertz CT molecular complexity index is 1320. The molecule has 3 aromatic heterocycles. The Morgan fingerprint density at radius 1 is 1.18 bits per heavy atom. The van der Waals surface area contributed by atoms with Crippen molar-refractivity contribution in [1.29, 1.82) is 0 Å². The lowest BCUT2D eigenvalue weighted by Crippen LogP contribution is -2.37. The SMILES string of the molecule is CC(C)(C)OC(=O)N(Cc1ccc(-c2ccccn2)cc1F)c1cc(Cl)nc2c(Cl)cnn12. The molecule has 0 bridgehead atoms. The Balaban J connectivity index is 1.77. The first-order valence-corrected chi connectivity index (χ1v) is 10.8. The van der Waals surface area contributed by atoms with Crippen molar-refractivity contribution in [2.24, 2.45) is 0 Å². The second kappa shape index (κ2) is 8.96. The molecule has 0 spiro atoms. The number of anilines is 1. The van der Waals surface area contributed by atoms with E-state index in [1.807, 2.05) is 6.07 Å². The lowest BCUT2D eigenvalue weighted by Gasteiger charge is -2.28. The summed E-state index contributed by atoms with van der Waals surface area (Å²) in [5, 5.41) is 4.54. The second-order valence-electron chi connectivity index (χ2n) is 8.25. The molecule has 4 aromatic rings. The van der Waals surface area contributed by atoms with Crippen molar-refractivity contribution >= 4 is 40.8 Å². The quantitative estimate of drug-likeness (QED) is 0.321. The predicted molar refractivity (Wildman–Crippen MR) is 125 cm³/mol. The van der Waals surface area contributed by atoms with Gasteiger partial charge in [-0.3, -0.25) is 9.88 Å². The number of pyridine rings is 1. The van der Waals surface area contributed by atoms with Gasteiger partial charge in [0, 0.05) is 23.4 Å². The molecule has 0 aliphatic carbocycles. The number of hydrogen-bond donors (Lipinski definition) is 0. The highest BCUT2D eigenvalue weighted by Gasteiger charge is 2.27. The average Bonchev–Trinajstić information content (AvgIpc) is 3.12. The van der Waals surface area contributed by atoms with Crippen molar-refractivity contribution in [2.75, 3.05) is 4.90 Å². The third-order valence-corrected chi connectivity index (χ3v) is 5.07. The molecule has 0 atom stereocenters. The van der Waals surface area contributed by atoms with Crippen LogP contribution in [0.25, 0.3) is 16.9 Å². The van der Waals surface area contributed by atoms with Crippen LogP contribution in [0.4, 0.5) is 15.0 Å². The molecular formula is C23H20Cl2FN5O2. The minimum absolute atomic E-state index is 0.0967. The second-order valence-corrected chi connectivity index (χ2v) is 9.05. The van der Waals surface area contributed by atoms with Crippen LogP contribution in [-0.4, -0.2) is 31.3 Å². The summed E-state index contributed by atoms with van der Waals surface area (Å²) < 4.78 is 22.1. The summed E-state index contributed by atoms with van der Waals surface area (Å²) in [7, 11) is 0. The Kier molecular flexibility index (Phi) is 6.23. The Labute approximate surface area is 199 Å². The maximum atomic E-state index is 15.1. The van der Waals surface area contributed by atoms with Crippen molar-refractivity contribution in [3.63, 3.8) is 0 Å². The molecule has 170 valence electrons. The number of ether oxygens (including phenoxy) is 1. The van der Waals surface area contributed by atoms with Crippen LogP contribution in [-0.2, 0) is 11.3 Å². The number of benzene rings is 1. The van der Waals surface area contributed by atoms with E-state index in [4.69, 9.17) is 27.9 Å². The van der Waals surface area contributed by atoms with Crippen molar-refractivity contribution in [3.8, 4) is 11.3 Å². The van der Waals surface area contributed by atoms with Crippen LogP contribution < -0.4 is 4.90 Å². The smallest absolute Gasteiger partial charge is 0.416 e. The minimum atomic E-state index is -0.783. The van der Waals surface area contributed by atoms with Gasteiger partial charge in [0.05, 0.1) is 18.4 Å². The topological polar surface area (TPSA) is 72.6 Å². The first-order chi connectivity index (χ1) is 15.6. The van der Waals surface area contributed by atoms with Gasteiger partial charge in [0.25, 0.3) is 0 Å². The summed E-state index contributed by atoms with van der Waals surface area (Å²) in [6.45, 7) is 5.08. The van der Waals surface area contributed by atoms with Crippen LogP contribution >= 0.6 is 23.2 Å². The van der Waals surface area contributed by atoms with Crippen LogP contribution in [0.2, 0.25) is 10.2 Å². The zero-order valence-electron chi connectivity index (χ0n) is 18.1. The maximum absolute atomic E-state index is 15.1. The molecular weight excluding hydrogens is 468 g/mol. The summed E-state index contributed by atoms with van der Waals surface area (Å²) in [5.74, 6) is -0.263. The lowest BCUT2D eigenvalue weighted by atomic mass is 10.1. The van der Waals surface area contributed by atoms with E-state index < -0.39 is 17.5 Å². The molecule has 0 radical (unpaired) electrons. The first-order valence-electron chi connectivity index (χ1n) is 10.0. The van der Waals surface area contributed by atoms with Crippen LogP contribution in [0.5, 0.6) is 0 Å². The molecule has 1 amide bonds. The van der Waals surface area contributed by atoms with E-state index in [1.165, 1.54) is 27.7 Å². The van der Waals surface area contributed by atoms with Gasteiger partial charge in [0.1, 0.15) is 27.4 Å². The number of rotatable bonds is 4. The third kappa shape index (κ3) is 5.07. The summed E-state index contributed by atoms with van der Waals surface area (Å²) in [5.41, 5.74) is 1.00. The van der Waals surface area contributed by atoms with Gasteiger partial charge in [-0.15, -0.1) is 0 Å². The summed E-state index contributed by atoms with van der Waals surface area (Å²) in [4.78, 5) is 22.8. The standard InChI is InChI=1S/C23H20Cl2FN5O2/c1-23(2,3)33-22(32)30(20-11-19(25)29-21-16(24)12-28-31(20)21)13-15-8-7-14(10-17(15)26)18-6-4-5-9-27-18/h4-12H,13H2,1-3H3. The Morgan fingerprint density at radius 2 is 1.97 bits per heavy atom. The van der Waals surface area contributed by atoms with Gasteiger partial charge in [0.2, 0.25) is 0 Å². The molecule has 0 unspecified atom stereocenters. The molecule has 0 fully saturated rings. The first kappa shape index (κ1) is 22.9. The summed E-state index contributed by atoms with van der Waals surface area (Å²) in [6.07, 6.45) is 2.32. The Hall–Kier alpha value is -3.23. The number of hydrogen-bond acceptors (Lipinski definition) is 5. The fourth-order valence-electron chi connectivity index (χ4n) is 3.18. The van der Waals surface area contributed by atoms with E-state index in [1.54, 1.807) is 51.2 Å². The predicted octanol–water partition coefficient (Wildman–Crippen LogP) is 6.18. The van der Waals surface area contributed by atoms with Gasteiger partial charge in [-0.05, 0) is 39.0 Å². The van der Waals surface area contributed by atoms with Crippen LogP contribution in [0.15, 0.2) is 54.9 Å². The molecule has 33 heavy (non-hydrogen) atoms. The number of carbonyl (C=O) groups excluding carboxylic acids is 1. The molecule has 3 heterocycles. The minimum Gasteiger partial charge on any atom is -0.443 e. The molecule has 1 aromatic carbocycles. The molecule has 0 aliphatic rings. The third-order valence-electron chi connectivity index (χ3n) is 4.61. The summed E-state index contributed by atoms with van der Waals surface area (Å²) >= 11 is 12.4. The number of carbonyl (C=O) groups is 1. The number of nitrogens with zero attached hydrogens (tertiary/aromatic N) is 5. The molecule has 10 heteroatoms. The highest BCUT2D eigenvalue weighted by molar-refractivity contribution is 6.34. The van der Waals surface area contributed by atoms with Gasteiger partial charge in [-0.25, -0.2) is 14.2 Å². The van der Waals surface area contributed by atoms with Crippen molar-refractivity contribution < 1.29 is 13.9 Å². The maximum Gasteiger partial charge on any atom is 0.416 e. The van der Waals surface area contributed by atoms with E-state index >= 15 is 4.39 Å². The van der Waals surface area contributed by atoms with Gasteiger partial charge in [-0.2, -0.15) is 9.61 Å². The van der Waals surface area contributed by atoms with Crippen molar-refractivity contribution in [3.05, 3.63) is 76.4 Å². The van der Waals surface area contributed by atoms with Gasteiger partial charge < -0.3 is 4.74 Å². The van der Waals surface area contributed by atoms with Gasteiger partial charge in [-0.1, -0.05) is 41.4 Å². The normalized spacial score (nSPS) is 11.6. The monoisotopic (exact) mass is 487 g/mol. The summed E-state index contributed by atoms with van der Waals surface area (Å²) in [6, 6.07) is 11.6. The fraction of sp³-hybridized carbons (Fsp3) is 0.217. The van der Waals surface area contributed by atoms with Gasteiger partial charge in [0.15, 0.2) is 5.65 Å². The average molecular weight is 488 g/mol. The van der Waals surface area contributed by atoms with E-state index in [9.17, 15) is 4.79 Å². The highest BCUT2D eigenvalue weighted by atomic mass is 35.5. The molecule has 7 nitrogen and oxygen atoms in total. The number of fused-ring (bicyclic) bond motifs is 1. The van der Waals surface area contributed by atoms with E-state index in [-0.39, 0.29) is 33.7 Å². The van der Waals surface area contributed by atoms with E-state index in [2.05, 4.69) is 15.1 Å². The van der Waals surface area contributed by atoms with Crippen molar-refractivity contribution in [1.82, 2.24) is 19.6 Å². The zero-order valence-corrected chi connectivity index (χ0v) is 19.6. The Morgan fingerprint density at radius 3 is 2.64 bits per heavy atom. The zero-order chi connectivity index (χ0) is 23.8. The van der Waals surface area contributed by atoms with Crippen LogP contribution in [0.3, 0.4) is 0 Å². The molecule has 0 aliphatic heterocycles. The van der Waals surface area contributed by atoms with Gasteiger partial charge >= 0.3 is 6.09 Å². The molecule has 0 N–H and O–H groups in total. The molecule has 4 rings (SSSR count). The highest BCUT2D eigenvalue weighted by Crippen LogP contribution is 2.28. The van der Waals surface area contributed by atoms with E-state index in [0.29, 0.717) is 11.3 Å². The molecule has 0 saturated carbocycles. The number of aromatic nitrogens is 4. The van der Waals surface area contributed by atoms with Crippen LogP contribution in [0.1, 0.15) is 26.3 Å². The largest absolute Gasteiger partial charge is 0.443 e. The molecule has 0 saturated heterocycles. The number of halogens is 3. The van der Waals surface area contributed by atoms with E-state index in [0.717, 1.165) is 0 Å². The number of amides is 1. The van der Waals surface area contributed by atoms with Crippen molar-refractivity contribution in [2.45, 2.75) is 32.9 Å².